The van der Waals surface area contributed by atoms with Crippen molar-refractivity contribution in [2.45, 2.75) is 56.8 Å². The van der Waals surface area contributed by atoms with Crippen molar-refractivity contribution in [1.29, 1.82) is 5.26 Å². The first-order valence-electron chi connectivity index (χ1n) is 9.79. The maximum atomic E-state index is 13.4. The van der Waals surface area contributed by atoms with Crippen LogP contribution >= 0.6 is 11.8 Å². The number of nitrogens with zero attached hydrogens (tertiary/aromatic N) is 2. The highest BCUT2D eigenvalue weighted by atomic mass is 32.2. The van der Waals surface area contributed by atoms with Crippen LogP contribution in [0.15, 0.2) is 18.2 Å². The number of carbonyl (C=O) groups is 1. The maximum Gasteiger partial charge on any atom is 0.328 e. The second-order valence-corrected chi connectivity index (χ2v) is 8.69. The fraction of sp³-hybridized carbons (Fsp3) is 0.591. The van der Waals surface area contributed by atoms with E-state index in [0.29, 0.717) is 11.6 Å². The van der Waals surface area contributed by atoms with E-state index in [-0.39, 0.29) is 18.7 Å². The van der Waals surface area contributed by atoms with Crippen LogP contribution in [0, 0.1) is 28.6 Å². The highest BCUT2D eigenvalue weighted by Gasteiger charge is 2.65. The number of hydrogen-bond acceptors (Lipinski definition) is 5. The summed E-state index contributed by atoms with van der Waals surface area (Å²) in [7, 11) is 1.75. The topological polar surface area (TPSA) is 63.7 Å². The van der Waals surface area contributed by atoms with E-state index in [4.69, 9.17) is 16.0 Å². The largest absolute Gasteiger partial charge is 0.465 e. The number of benzene rings is 1. The number of thioether (sulfide) groups is 1. The summed E-state index contributed by atoms with van der Waals surface area (Å²) >= 11 is 1.01. The first-order valence-corrected chi connectivity index (χ1v) is 10.6. The molecule has 0 amide bonds. The molecule has 0 saturated heterocycles. The lowest BCUT2D eigenvalue weighted by molar-refractivity contribution is -0.152. The average Bonchev–Trinajstić information content (AvgIpc) is 2.97. The zero-order chi connectivity index (χ0) is 20.4. The smallest absolute Gasteiger partial charge is 0.328 e. The SMILES string of the molecule is [C-]#[N+]c1ccc2c(c1)[C@@](SC#N)(C(=O)OCC)[C@]1(CC[C@H](OC)[C@@H](CC)C1)C2. The number of methoxy groups -OCH3 is 1. The molecule has 1 aromatic carbocycles. The molecular formula is C22H26N2O3S. The van der Waals surface area contributed by atoms with Crippen LogP contribution in [0.2, 0.25) is 0 Å². The third kappa shape index (κ3) is 3.00. The normalized spacial score (nSPS) is 31.0. The predicted octanol–water partition coefficient (Wildman–Crippen LogP) is 4.98. The zero-order valence-corrected chi connectivity index (χ0v) is 17.5. The minimum absolute atomic E-state index is 0.171. The molecule has 3 rings (SSSR count). The van der Waals surface area contributed by atoms with Crippen LogP contribution in [-0.2, 0) is 25.4 Å². The summed E-state index contributed by atoms with van der Waals surface area (Å²) in [5, 5.41) is 11.9. The Balaban J connectivity index is 2.20. The third-order valence-corrected chi connectivity index (χ3v) is 7.77. The van der Waals surface area contributed by atoms with Gasteiger partial charge in [0.25, 0.3) is 0 Å². The van der Waals surface area contributed by atoms with Crippen LogP contribution in [0.4, 0.5) is 5.69 Å². The van der Waals surface area contributed by atoms with E-state index >= 15 is 0 Å². The van der Waals surface area contributed by atoms with Crippen LogP contribution in [-0.4, -0.2) is 25.8 Å². The van der Waals surface area contributed by atoms with Gasteiger partial charge in [0, 0.05) is 12.5 Å². The Morgan fingerprint density at radius 1 is 1.46 bits per heavy atom. The zero-order valence-electron chi connectivity index (χ0n) is 16.7. The van der Waals surface area contributed by atoms with E-state index in [1.807, 2.05) is 6.07 Å². The Hall–Kier alpha value is -2.02. The molecule has 2 aliphatic carbocycles. The molecule has 0 radical (unpaired) electrons. The van der Waals surface area contributed by atoms with Crippen molar-refractivity contribution in [2.75, 3.05) is 13.7 Å². The number of rotatable bonds is 5. The van der Waals surface area contributed by atoms with Gasteiger partial charge in [0.2, 0.25) is 0 Å². The molecule has 5 nitrogen and oxygen atoms in total. The van der Waals surface area contributed by atoms with Crippen molar-refractivity contribution in [1.82, 2.24) is 0 Å². The summed E-state index contributed by atoms with van der Waals surface area (Å²) in [5.74, 6) is -0.0327. The summed E-state index contributed by atoms with van der Waals surface area (Å²) in [6.45, 7) is 11.6. The molecule has 0 N–H and O–H groups in total. The molecule has 0 aromatic heterocycles. The third-order valence-electron chi connectivity index (χ3n) is 6.55. The Bertz CT molecular complexity index is 843. The number of ether oxygens (including phenoxy) is 2. The fourth-order valence-corrected chi connectivity index (χ4v) is 6.36. The van der Waals surface area contributed by atoms with Crippen LogP contribution in [0.1, 0.15) is 50.7 Å². The number of fused-ring (bicyclic) bond motifs is 1. The van der Waals surface area contributed by atoms with E-state index < -0.39 is 10.2 Å². The lowest BCUT2D eigenvalue weighted by Crippen LogP contribution is -2.52. The quantitative estimate of drug-likeness (QED) is 0.398. The molecular weight excluding hydrogens is 372 g/mol. The fourth-order valence-electron chi connectivity index (χ4n) is 5.31. The van der Waals surface area contributed by atoms with Gasteiger partial charge in [-0.05, 0) is 61.4 Å². The summed E-state index contributed by atoms with van der Waals surface area (Å²) in [6, 6.07) is 5.55. The lowest BCUT2D eigenvalue weighted by atomic mass is 9.61. The first-order chi connectivity index (χ1) is 13.5. The van der Waals surface area contributed by atoms with Crippen LogP contribution < -0.4 is 0 Å². The second-order valence-electron chi connectivity index (χ2n) is 7.69. The molecule has 2 aliphatic rings. The molecule has 0 unspecified atom stereocenters. The van der Waals surface area contributed by atoms with Crippen molar-refractivity contribution in [3.63, 3.8) is 0 Å². The van der Waals surface area contributed by atoms with E-state index in [1.165, 1.54) is 0 Å². The summed E-state index contributed by atoms with van der Waals surface area (Å²) in [4.78, 5) is 17.0. The Morgan fingerprint density at radius 3 is 2.86 bits per heavy atom. The first kappa shape index (κ1) is 20.7. The Labute approximate surface area is 171 Å². The van der Waals surface area contributed by atoms with Gasteiger partial charge in [0.1, 0.15) is 5.40 Å². The van der Waals surface area contributed by atoms with Crippen molar-refractivity contribution < 1.29 is 14.3 Å². The number of hydrogen-bond donors (Lipinski definition) is 0. The van der Waals surface area contributed by atoms with Gasteiger partial charge in [-0.25, -0.2) is 4.85 Å². The van der Waals surface area contributed by atoms with Crippen molar-refractivity contribution in [3.8, 4) is 5.40 Å². The predicted molar refractivity (Wildman–Crippen MR) is 109 cm³/mol. The molecule has 1 spiro atoms. The van der Waals surface area contributed by atoms with Crippen molar-refractivity contribution in [2.24, 2.45) is 11.3 Å². The second kappa shape index (κ2) is 8.15. The molecule has 148 valence electrons. The maximum absolute atomic E-state index is 13.4. The molecule has 1 aromatic rings. The molecule has 4 atom stereocenters. The highest BCUT2D eigenvalue weighted by molar-refractivity contribution is 8.05. The average molecular weight is 399 g/mol. The van der Waals surface area contributed by atoms with Gasteiger partial charge in [-0.15, -0.1) is 0 Å². The minimum atomic E-state index is -1.10. The summed E-state index contributed by atoms with van der Waals surface area (Å²) in [5.41, 5.74) is 1.92. The highest BCUT2D eigenvalue weighted by Crippen LogP contribution is 2.65. The van der Waals surface area contributed by atoms with Gasteiger partial charge in [-0.3, -0.25) is 4.79 Å². The van der Waals surface area contributed by atoms with E-state index in [2.05, 4.69) is 17.2 Å². The monoisotopic (exact) mass is 398 g/mol. The van der Waals surface area contributed by atoms with Crippen molar-refractivity contribution >= 4 is 23.4 Å². The van der Waals surface area contributed by atoms with Crippen LogP contribution in [0.5, 0.6) is 0 Å². The van der Waals surface area contributed by atoms with E-state index in [9.17, 15) is 10.1 Å². The van der Waals surface area contributed by atoms with Gasteiger partial charge in [-0.1, -0.05) is 31.5 Å². The lowest BCUT2D eigenvalue weighted by Gasteiger charge is -2.49. The van der Waals surface area contributed by atoms with Gasteiger partial charge in [0.15, 0.2) is 10.4 Å². The van der Waals surface area contributed by atoms with Crippen molar-refractivity contribution in [3.05, 3.63) is 40.7 Å². The molecule has 6 heteroatoms. The summed E-state index contributed by atoms with van der Waals surface area (Å²) < 4.78 is 10.2. The van der Waals surface area contributed by atoms with Gasteiger partial charge in [0.05, 0.1) is 19.3 Å². The van der Waals surface area contributed by atoms with Crippen LogP contribution in [0.3, 0.4) is 0 Å². The summed E-state index contributed by atoms with van der Waals surface area (Å²) in [6.07, 6.45) is 4.30. The number of nitriles is 1. The molecule has 28 heavy (non-hydrogen) atoms. The van der Waals surface area contributed by atoms with Gasteiger partial charge < -0.3 is 9.47 Å². The molecule has 0 aliphatic heterocycles. The molecule has 0 heterocycles. The Kier molecular flexibility index (Phi) is 6.03. The number of thiocyanates is 1. The van der Waals surface area contributed by atoms with Gasteiger partial charge in [-0.2, -0.15) is 5.26 Å². The van der Waals surface area contributed by atoms with Crippen LogP contribution in [0.25, 0.3) is 4.85 Å². The molecule has 0 bridgehead atoms. The number of carbonyl (C=O) groups excluding carboxylic acids is 1. The number of esters is 1. The van der Waals surface area contributed by atoms with E-state index in [0.717, 1.165) is 55.0 Å². The molecule has 1 saturated carbocycles. The van der Waals surface area contributed by atoms with E-state index in [1.54, 1.807) is 26.2 Å². The standard InChI is InChI=1S/C22H26N2O3S/c1-5-15-12-21(10-9-19(15)26-4)13-16-7-8-17(24-3)11-18(16)22(21,28-14-23)20(25)27-6-2/h7-8,11,15,19H,5-6,9-10,12-13H2,1-2,4H3/t15-,19-,21-,22+/m0/s1. The Morgan fingerprint density at radius 2 is 2.25 bits per heavy atom. The molecule has 1 fully saturated rings. The van der Waals surface area contributed by atoms with Gasteiger partial charge >= 0.3 is 5.97 Å². The minimum Gasteiger partial charge on any atom is -0.465 e.